The Bertz CT molecular complexity index is 2260. The molecule has 50 heavy (non-hydrogen) atoms. The highest BCUT2D eigenvalue weighted by molar-refractivity contribution is 5.94. The maximum Gasteiger partial charge on any atom is 0.0734 e. The predicted molar refractivity (Wildman–Crippen MR) is 209 cm³/mol. The van der Waals surface area contributed by atoms with E-state index in [1.165, 1.54) is 55.6 Å². The lowest BCUT2D eigenvalue weighted by molar-refractivity contribution is 0.768. The molecule has 1 aliphatic carbocycles. The van der Waals surface area contributed by atoms with Crippen LogP contribution in [0.4, 0.5) is 17.1 Å². The fourth-order valence-corrected chi connectivity index (χ4v) is 7.96. The third-order valence-electron chi connectivity index (χ3n) is 10.2. The summed E-state index contributed by atoms with van der Waals surface area (Å²) in [6, 6.07) is 77.2. The molecule has 0 heterocycles. The lowest BCUT2D eigenvalue weighted by Crippen LogP contribution is -2.30. The number of fused-ring (bicyclic) bond motifs is 3. The first-order chi connectivity index (χ1) is 24.8. The van der Waals surface area contributed by atoms with Crippen LogP contribution in [0, 0.1) is 0 Å². The number of anilines is 3. The molecule has 0 saturated heterocycles. The van der Waals surface area contributed by atoms with Gasteiger partial charge in [0, 0.05) is 16.9 Å². The smallest absolute Gasteiger partial charge is 0.0734 e. The Balaban J connectivity index is 1.32. The number of benzene rings is 8. The molecule has 0 aromatic heterocycles. The van der Waals surface area contributed by atoms with Gasteiger partial charge in [0.15, 0.2) is 0 Å². The molecule has 236 valence electrons. The van der Waals surface area contributed by atoms with E-state index in [-0.39, 0.29) is 0 Å². The molecule has 1 aliphatic rings. The maximum atomic E-state index is 2.45. The molecule has 9 rings (SSSR count). The van der Waals surface area contributed by atoms with Gasteiger partial charge in [0.1, 0.15) is 0 Å². The lowest BCUT2D eigenvalue weighted by atomic mass is 9.67. The van der Waals surface area contributed by atoms with Crippen molar-refractivity contribution in [3.8, 4) is 33.4 Å². The summed E-state index contributed by atoms with van der Waals surface area (Å²) < 4.78 is 0. The van der Waals surface area contributed by atoms with Crippen molar-refractivity contribution in [2.24, 2.45) is 0 Å². The van der Waals surface area contributed by atoms with E-state index < -0.39 is 5.41 Å². The van der Waals surface area contributed by atoms with Crippen LogP contribution >= 0.6 is 0 Å². The standard InChI is InChI=1S/C49H35N/c1-5-16-36(17-6-1)38-28-32-42(33-29-38)50(43-34-30-39(31-35-43)37-18-7-2-8-19-37)47-27-15-25-45-44-24-13-14-26-46(44)49(48(45)47,40-20-9-3-10-21-40)41-22-11-4-12-23-41/h1-35H. The first-order valence-electron chi connectivity index (χ1n) is 17.3. The van der Waals surface area contributed by atoms with Crippen molar-refractivity contribution in [3.05, 3.63) is 235 Å². The summed E-state index contributed by atoms with van der Waals surface area (Å²) in [6.45, 7) is 0. The van der Waals surface area contributed by atoms with Crippen LogP contribution in [0.2, 0.25) is 0 Å². The van der Waals surface area contributed by atoms with Crippen LogP contribution < -0.4 is 4.90 Å². The maximum absolute atomic E-state index is 2.45. The Morgan fingerprint density at radius 1 is 0.300 bits per heavy atom. The van der Waals surface area contributed by atoms with Crippen LogP contribution in [0.3, 0.4) is 0 Å². The van der Waals surface area contributed by atoms with E-state index in [1.54, 1.807) is 0 Å². The van der Waals surface area contributed by atoms with Crippen molar-refractivity contribution in [1.82, 2.24) is 0 Å². The Labute approximate surface area is 294 Å². The van der Waals surface area contributed by atoms with Crippen molar-refractivity contribution in [2.75, 3.05) is 4.90 Å². The van der Waals surface area contributed by atoms with E-state index in [0.29, 0.717) is 0 Å². The van der Waals surface area contributed by atoms with Gasteiger partial charge in [-0.3, -0.25) is 0 Å². The van der Waals surface area contributed by atoms with Gasteiger partial charge in [-0.15, -0.1) is 0 Å². The normalized spacial score (nSPS) is 12.6. The van der Waals surface area contributed by atoms with E-state index >= 15 is 0 Å². The summed E-state index contributed by atoms with van der Waals surface area (Å²) in [5, 5.41) is 0. The van der Waals surface area contributed by atoms with Crippen molar-refractivity contribution >= 4 is 17.1 Å². The lowest BCUT2D eigenvalue weighted by Gasteiger charge is -2.38. The Hall–Kier alpha value is -6.44. The summed E-state index contributed by atoms with van der Waals surface area (Å²) in [5.74, 6) is 0. The summed E-state index contributed by atoms with van der Waals surface area (Å²) >= 11 is 0. The quantitative estimate of drug-likeness (QED) is 0.168. The molecule has 0 atom stereocenters. The zero-order valence-electron chi connectivity index (χ0n) is 27.7. The minimum Gasteiger partial charge on any atom is -0.310 e. The molecule has 8 aromatic rings. The first kappa shape index (κ1) is 29.7. The topological polar surface area (TPSA) is 3.24 Å². The zero-order chi connectivity index (χ0) is 33.3. The van der Waals surface area contributed by atoms with Gasteiger partial charge in [-0.1, -0.05) is 182 Å². The van der Waals surface area contributed by atoms with Gasteiger partial charge < -0.3 is 4.90 Å². The van der Waals surface area contributed by atoms with Crippen LogP contribution in [0.5, 0.6) is 0 Å². The van der Waals surface area contributed by atoms with Gasteiger partial charge in [0.05, 0.1) is 11.1 Å². The molecule has 8 aromatic carbocycles. The number of rotatable bonds is 7. The second-order valence-corrected chi connectivity index (χ2v) is 12.9. The van der Waals surface area contributed by atoms with Crippen LogP contribution in [-0.2, 0) is 5.41 Å². The van der Waals surface area contributed by atoms with Crippen molar-refractivity contribution in [3.63, 3.8) is 0 Å². The summed E-state index contributed by atoms with van der Waals surface area (Å²) in [5.41, 5.74) is 15.3. The van der Waals surface area contributed by atoms with Gasteiger partial charge in [0.25, 0.3) is 0 Å². The van der Waals surface area contributed by atoms with Crippen molar-refractivity contribution < 1.29 is 0 Å². The summed E-state index contributed by atoms with van der Waals surface area (Å²) in [6.07, 6.45) is 0. The Morgan fingerprint density at radius 3 is 1.20 bits per heavy atom. The highest BCUT2D eigenvalue weighted by Crippen LogP contribution is 2.60. The largest absolute Gasteiger partial charge is 0.310 e. The van der Waals surface area contributed by atoms with E-state index in [0.717, 1.165) is 17.1 Å². The number of hydrogen-bond acceptors (Lipinski definition) is 1. The van der Waals surface area contributed by atoms with Crippen LogP contribution in [0.15, 0.2) is 212 Å². The summed E-state index contributed by atoms with van der Waals surface area (Å²) in [4.78, 5) is 2.45. The third-order valence-corrected chi connectivity index (χ3v) is 10.2. The molecule has 0 aliphatic heterocycles. The molecule has 1 heteroatoms. The van der Waals surface area contributed by atoms with Crippen molar-refractivity contribution in [1.29, 1.82) is 0 Å². The van der Waals surface area contributed by atoms with Gasteiger partial charge in [-0.2, -0.15) is 0 Å². The molecule has 0 N–H and O–H groups in total. The Morgan fingerprint density at radius 2 is 0.700 bits per heavy atom. The van der Waals surface area contributed by atoms with Crippen LogP contribution in [-0.4, -0.2) is 0 Å². The molecule has 0 radical (unpaired) electrons. The van der Waals surface area contributed by atoms with Gasteiger partial charge >= 0.3 is 0 Å². The van der Waals surface area contributed by atoms with E-state index in [2.05, 4.69) is 217 Å². The molecule has 0 amide bonds. The first-order valence-corrected chi connectivity index (χ1v) is 17.3. The average molecular weight is 638 g/mol. The average Bonchev–Trinajstić information content (AvgIpc) is 3.52. The van der Waals surface area contributed by atoms with Crippen LogP contribution in [0.1, 0.15) is 22.3 Å². The molecule has 0 fully saturated rings. The zero-order valence-corrected chi connectivity index (χ0v) is 27.7. The molecular weight excluding hydrogens is 603 g/mol. The highest BCUT2D eigenvalue weighted by atomic mass is 15.1. The van der Waals surface area contributed by atoms with E-state index in [9.17, 15) is 0 Å². The Kier molecular flexibility index (Phi) is 7.44. The fourth-order valence-electron chi connectivity index (χ4n) is 7.96. The molecule has 0 saturated carbocycles. The summed E-state index contributed by atoms with van der Waals surface area (Å²) in [7, 11) is 0. The second-order valence-electron chi connectivity index (χ2n) is 12.9. The molecule has 0 bridgehead atoms. The molecule has 1 nitrogen and oxygen atoms in total. The highest BCUT2D eigenvalue weighted by Gasteiger charge is 2.48. The number of hydrogen-bond donors (Lipinski definition) is 0. The SMILES string of the molecule is c1ccc(-c2ccc(N(c3ccc(-c4ccccc4)cc3)c3cccc4c3C(c3ccccc3)(c3ccccc3)c3ccccc3-4)cc2)cc1. The molecule has 0 unspecified atom stereocenters. The molecular formula is C49H35N. The van der Waals surface area contributed by atoms with Gasteiger partial charge in [-0.25, -0.2) is 0 Å². The predicted octanol–water partition coefficient (Wildman–Crippen LogP) is 12.9. The fraction of sp³-hybridized carbons (Fsp3) is 0.0204. The van der Waals surface area contributed by atoms with E-state index in [4.69, 9.17) is 0 Å². The molecule has 0 spiro atoms. The second kappa shape index (κ2) is 12.5. The van der Waals surface area contributed by atoms with Crippen molar-refractivity contribution in [2.45, 2.75) is 5.41 Å². The minimum absolute atomic E-state index is 0.531. The third kappa shape index (κ3) is 4.86. The van der Waals surface area contributed by atoms with Gasteiger partial charge in [-0.05, 0) is 80.4 Å². The monoisotopic (exact) mass is 637 g/mol. The minimum atomic E-state index is -0.531. The van der Waals surface area contributed by atoms with E-state index in [1.807, 2.05) is 0 Å². The van der Waals surface area contributed by atoms with Crippen LogP contribution in [0.25, 0.3) is 33.4 Å². The number of nitrogens with zero attached hydrogens (tertiary/aromatic N) is 1. The van der Waals surface area contributed by atoms with Gasteiger partial charge in [0.2, 0.25) is 0 Å².